The van der Waals surface area contributed by atoms with E-state index >= 15 is 0 Å². The lowest BCUT2D eigenvalue weighted by Gasteiger charge is -2.20. The number of nitrogens with zero attached hydrogens (tertiary/aromatic N) is 2. The average molecular weight is 225 g/mol. The number of rotatable bonds is 0. The van der Waals surface area contributed by atoms with Gasteiger partial charge in [0.05, 0.1) is 5.38 Å². The van der Waals surface area contributed by atoms with Gasteiger partial charge in [-0.15, -0.1) is 11.6 Å². The lowest BCUT2D eigenvalue weighted by atomic mass is 9.87. The maximum atomic E-state index is 6.28. The molecule has 0 radical (unpaired) electrons. The van der Waals surface area contributed by atoms with E-state index in [-0.39, 0.29) is 10.8 Å². The van der Waals surface area contributed by atoms with Crippen molar-refractivity contribution in [2.75, 3.05) is 18.5 Å². The van der Waals surface area contributed by atoms with Crippen molar-refractivity contribution in [3.63, 3.8) is 0 Å². The highest BCUT2D eigenvalue weighted by atomic mass is 35.5. The highest BCUT2D eigenvalue weighted by molar-refractivity contribution is 6.22. The maximum absolute atomic E-state index is 6.28. The molecule has 0 amide bonds. The standard InChI is InChI=1S/C12H17ClN2/c1-12(2,3)8-5-9-10(13)7-15(4)11(9)14-6-8/h5-6,10H,7H2,1-4H3. The van der Waals surface area contributed by atoms with Gasteiger partial charge in [0.2, 0.25) is 0 Å². The summed E-state index contributed by atoms with van der Waals surface area (Å²) in [6, 6.07) is 2.20. The number of hydrogen-bond donors (Lipinski definition) is 0. The molecule has 82 valence electrons. The predicted molar refractivity (Wildman–Crippen MR) is 64.8 cm³/mol. The largest absolute Gasteiger partial charge is 0.358 e. The van der Waals surface area contributed by atoms with Crippen molar-refractivity contribution < 1.29 is 0 Å². The Kier molecular flexibility index (Phi) is 2.42. The highest BCUT2D eigenvalue weighted by Gasteiger charge is 2.27. The smallest absolute Gasteiger partial charge is 0.133 e. The summed E-state index contributed by atoms with van der Waals surface area (Å²) < 4.78 is 0. The molecule has 2 heterocycles. The van der Waals surface area contributed by atoms with E-state index in [2.05, 4.69) is 36.7 Å². The van der Waals surface area contributed by atoms with Crippen LogP contribution >= 0.6 is 11.6 Å². The Morgan fingerprint density at radius 1 is 1.47 bits per heavy atom. The summed E-state index contributed by atoms with van der Waals surface area (Å²) >= 11 is 6.28. The summed E-state index contributed by atoms with van der Waals surface area (Å²) in [6.07, 6.45) is 1.96. The van der Waals surface area contributed by atoms with Crippen LogP contribution in [0.3, 0.4) is 0 Å². The Morgan fingerprint density at radius 3 is 2.73 bits per heavy atom. The number of alkyl halides is 1. The highest BCUT2D eigenvalue weighted by Crippen LogP contribution is 2.38. The molecule has 0 aliphatic carbocycles. The SMILES string of the molecule is CN1CC(Cl)c2cc(C(C)(C)C)cnc21. The van der Waals surface area contributed by atoms with Gasteiger partial charge in [-0.2, -0.15) is 0 Å². The van der Waals surface area contributed by atoms with E-state index in [1.807, 2.05) is 13.2 Å². The fourth-order valence-electron chi connectivity index (χ4n) is 1.86. The number of anilines is 1. The Bertz CT molecular complexity index is 382. The summed E-state index contributed by atoms with van der Waals surface area (Å²) in [5, 5.41) is 0.0831. The molecule has 0 spiro atoms. The third kappa shape index (κ3) is 1.83. The van der Waals surface area contributed by atoms with Gasteiger partial charge in [0.25, 0.3) is 0 Å². The molecule has 0 saturated heterocycles. The number of hydrogen-bond acceptors (Lipinski definition) is 2. The van der Waals surface area contributed by atoms with Gasteiger partial charge in [0.1, 0.15) is 5.82 Å². The molecule has 2 nitrogen and oxygen atoms in total. The molecule has 0 bridgehead atoms. The molecule has 1 unspecified atom stereocenters. The van der Waals surface area contributed by atoms with Gasteiger partial charge < -0.3 is 4.90 Å². The van der Waals surface area contributed by atoms with Gasteiger partial charge in [0, 0.05) is 25.4 Å². The molecule has 15 heavy (non-hydrogen) atoms. The second-order valence-corrected chi connectivity index (χ2v) is 5.76. The van der Waals surface area contributed by atoms with Crippen LogP contribution in [0, 0.1) is 0 Å². The molecular formula is C12H17ClN2. The topological polar surface area (TPSA) is 16.1 Å². The van der Waals surface area contributed by atoms with E-state index in [1.54, 1.807) is 0 Å². The van der Waals surface area contributed by atoms with Gasteiger partial charge in [-0.05, 0) is 17.0 Å². The predicted octanol–water partition coefficient (Wildman–Crippen LogP) is 3.11. The van der Waals surface area contributed by atoms with Crippen LogP contribution in [0.4, 0.5) is 5.82 Å². The van der Waals surface area contributed by atoms with Crippen molar-refractivity contribution in [3.8, 4) is 0 Å². The first-order valence-corrected chi connectivity index (χ1v) is 5.69. The zero-order valence-electron chi connectivity index (χ0n) is 9.71. The first-order chi connectivity index (χ1) is 6.89. The molecule has 1 aliphatic rings. The molecular weight excluding hydrogens is 208 g/mol. The molecule has 0 fully saturated rings. The summed E-state index contributed by atoms with van der Waals surface area (Å²) in [5.74, 6) is 1.03. The van der Waals surface area contributed by atoms with Crippen molar-refractivity contribution in [3.05, 3.63) is 23.4 Å². The average Bonchev–Trinajstić information content (AvgIpc) is 2.41. The van der Waals surface area contributed by atoms with Crippen molar-refractivity contribution in [1.82, 2.24) is 4.98 Å². The van der Waals surface area contributed by atoms with E-state index in [1.165, 1.54) is 11.1 Å². The maximum Gasteiger partial charge on any atom is 0.133 e. The molecule has 0 aromatic carbocycles. The third-order valence-electron chi connectivity index (χ3n) is 2.89. The van der Waals surface area contributed by atoms with Crippen LogP contribution in [0.15, 0.2) is 12.3 Å². The molecule has 1 aromatic rings. The summed E-state index contributed by atoms with van der Waals surface area (Å²) in [7, 11) is 2.03. The van der Waals surface area contributed by atoms with Crippen LogP contribution < -0.4 is 4.90 Å². The van der Waals surface area contributed by atoms with Gasteiger partial charge in [0.15, 0.2) is 0 Å². The molecule has 0 saturated carbocycles. The summed E-state index contributed by atoms with van der Waals surface area (Å²) in [4.78, 5) is 6.61. The number of fused-ring (bicyclic) bond motifs is 1. The molecule has 3 heteroatoms. The summed E-state index contributed by atoms with van der Waals surface area (Å²) in [5.41, 5.74) is 2.56. The first kappa shape index (κ1) is 10.7. The molecule has 2 rings (SSSR count). The van der Waals surface area contributed by atoms with Gasteiger partial charge >= 0.3 is 0 Å². The fraction of sp³-hybridized carbons (Fsp3) is 0.583. The van der Waals surface area contributed by atoms with Gasteiger partial charge in [-0.3, -0.25) is 0 Å². The lowest BCUT2D eigenvalue weighted by Crippen LogP contribution is -2.15. The zero-order chi connectivity index (χ0) is 11.2. The van der Waals surface area contributed by atoms with Crippen molar-refractivity contribution in [1.29, 1.82) is 0 Å². The Morgan fingerprint density at radius 2 is 2.13 bits per heavy atom. The first-order valence-electron chi connectivity index (χ1n) is 5.25. The summed E-state index contributed by atoms with van der Waals surface area (Å²) in [6.45, 7) is 7.44. The minimum Gasteiger partial charge on any atom is -0.358 e. The van der Waals surface area contributed by atoms with E-state index in [0.717, 1.165) is 12.4 Å². The van der Waals surface area contributed by atoms with E-state index in [9.17, 15) is 0 Å². The number of likely N-dealkylation sites (N-methyl/N-ethyl adjacent to an activating group) is 1. The van der Waals surface area contributed by atoms with Crippen LogP contribution in [0.1, 0.15) is 37.3 Å². The van der Waals surface area contributed by atoms with Gasteiger partial charge in [-0.25, -0.2) is 4.98 Å². The fourth-order valence-corrected chi connectivity index (χ4v) is 2.23. The van der Waals surface area contributed by atoms with Crippen molar-refractivity contribution in [2.45, 2.75) is 31.6 Å². The van der Waals surface area contributed by atoms with E-state index in [0.29, 0.717) is 0 Å². The molecule has 1 atom stereocenters. The molecule has 0 N–H and O–H groups in total. The van der Waals surface area contributed by atoms with Crippen LogP contribution in [0.5, 0.6) is 0 Å². The van der Waals surface area contributed by atoms with Crippen LogP contribution in [-0.4, -0.2) is 18.6 Å². The lowest BCUT2D eigenvalue weighted by molar-refractivity contribution is 0.587. The number of aromatic nitrogens is 1. The van der Waals surface area contributed by atoms with E-state index in [4.69, 9.17) is 11.6 Å². The van der Waals surface area contributed by atoms with Crippen molar-refractivity contribution >= 4 is 17.4 Å². The Hall–Kier alpha value is -0.760. The monoisotopic (exact) mass is 224 g/mol. The number of halogens is 1. The molecule has 1 aromatic heterocycles. The second kappa shape index (κ2) is 3.38. The molecule has 1 aliphatic heterocycles. The van der Waals surface area contributed by atoms with Crippen LogP contribution in [-0.2, 0) is 5.41 Å². The van der Waals surface area contributed by atoms with E-state index < -0.39 is 0 Å². The quantitative estimate of drug-likeness (QED) is 0.630. The minimum atomic E-state index is 0.0831. The van der Waals surface area contributed by atoms with Crippen LogP contribution in [0.25, 0.3) is 0 Å². The van der Waals surface area contributed by atoms with Gasteiger partial charge in [-0.1, -0.05) is 20.8 Å². The zero-order valence-corrected chi connectivity index (χ0v) is 10.5. The number of pyridine rings is 1. The van der Waals surface area contributed by atoms with Crippen LogP contribution in [0.2, 0.25) is 0 Å². The Labute approximate surface area is 96.3 Å². The van der Waals surface area contributed by atoms with Crippen molar-refractivity contribution in [2.24, 2.45) is 0 Å². The normalized spacial score (nSPS) is 20.6. The second-order valence-electron chi connectivity index (χ2n) is 5.23. The minimum absolute atomic E-state index is 0.0831. The Balaban J connectivity index is 2.48. The third-order valence-corrected chi connectivity index (χ3v) is 3.27.